The number of rotatable bonds is 7. The van der Waals surface area contributed by atoms with Crippen LogP contribution < -0.4 is 4.35 Å². The molecule has 0 aliphatic rings. The summed E-state index contributed by atoms with van der Waals surface area (Å²) in [4.78, 5) is 11.3. The van der Waals surface area contributed by atoms with Crippen molar-refractivity contribution in [2.75, 3.05) is 0 Å². The van der Waals surface area contributed by atoms with E-state index in [0.29, 0.717) is 6.42 Å². The van der Waals surface area contributed by atoms with Gasteiger partial charge in [0.15, 0.2) is 0 Å². The van der Waals surface area contributed by atoms with Crippen molar-refractivity contribution < 1.29 is 18.8 Å². The third-order valence-electron chi connectivity index (χ3n) is 2.74. The molecule has 0 heterocycles. The first-order valence-electron chi connectivity index (χ1n) is 5.89. The SMILES string of the molecule is CC(CCC(F)F)c1ccc([AsH]C(=O)C=NO)cc1. The summed E-state index contributed by atoms with van der Waals surface area (Å²) < 4.78 is 25.0. The first-order valence-corrected chi connectivity index (χ1v) is 7.99. The Hall–Kier alpha value is -1.22. The number of alkyl halides is 2. The van der Waals surface area contributed by atoms with E-state index in [1.54, 1.807) is 0 Å². The molecule has 0 aliphatic heterocycles. The van der Waals surface area contributed by atoms with E-state index in [0.717, 1.165) is 16.1 Å². The van der Waals surface area contributed by atoms with Gasteiger partial charge >= 0.3 is 117 Å². The van der Waals surface area contributed by atoms with Gasteiger partial charge in [-0.1, -0.05) is 0 Å². The predicted molar refractivity (Wildman–Crippen MR) is 72.2 cm³/mol. The summed E-state index contributed by atoms with van der Waals surface area (Å²) in [6.07, 6.45) is -0.992. The fourth-order valence-corrected chi connectivity index (χ4v) is 3.22. The van der Waals surface area contributed by atoms with Crippen molar-refractivity contribution >= 4 is 30.9 Å². The molecule has 0 amide bonds. The topological polar surface area (TPSA) is 49.7 Å². The van der Waals surface area contributed by atoms with E-state index in [-0.39, 0.29) is 16.9 Å². The van der Waals surface area contributed by atoms with Crippen LogP contribution in [0.3, 0.4) is 0 Å². The Labute approximate surface area is 117 Å². The normalized spacial score (nSPS) is 13.7. The van der Waals surface area contributed by atoms with Crippen molar-refractivity contribution in [1.29, 1.82) is 0 Å². The predicted octanol–water partition coefficient (Wildman–Crippen LogP) is 1.88. The van der Waals surface area contributed by atoms with E-state index in [4.69, 9.17) is 5.21 Å². The van der Waals surface area contributed by atoms with Crippen molar-refractivity contribution in [3.63, 3.8) is 0 Å². The zero-order valence-electron chi connectivity index (χ0n) is 10.5. The van der Waals surface area contributed by atoms with Crippen LogP contribution in [0.25, 0.3) is 0 Å². The average molecular weight is 331 g/mol. The van der Waals surface area contributed by atoms with Gasteiger partial charge in [-0.2, -0.15) is 0 Å². The monoisotopic (exact) mass is 331 g/mol. The molecule has 0 aromatic heterocycles. The van der Waals surface area contributed by atoms with Crippen LogP contribution in [0.1, 0.15) is 31.2 Å². The number of halogens is 2. The fourth-order valence-electron chi connectivity index (χ4n) is 1.66. The Bertz CT molecular complexity index is 435. The molecule has 0 spiro atoms. The van der Waals surface area contributed by atoms with Gasteiger partial charge in [0.05, 0.1) is 0 Å². The van der Waals surface area contributed by atoms with Gasteiger partial charge in [0.1, 0.15) is 0 Å². The van der Waals surface area contributed by atoms with Crippen molar-refractivity contribution in [3.8, 4) is 0 Å². The minimum atomic E-state index is -2.26. The molecule has 0 saturated heterocycles. The Balaban J connectivity index is 2.58. The van der Waals surface area contributed by atoms with Crippen LogP contribution in [0.5, 0.6) is 0 Å². The number of oxime groups is 1. The summed E-state index contributed by atoms with van der Waals surface area (Å²) in [5.74, 6) is 0.0813. The van der Waals surface area contributed by atoms with Gasteiger partial charge in [0.25, 0.3) is 0 Å². The second-order valence-electron chi connectivity index (χ2n) is 4.23. The molecular formula is C13H16AsF2NO2. The van der Waals surface area contributed by atoms with E-state index in [2.05, 4.69) is 5.16 Å². The summed E-state index contributed by atoms with van der Waals surface area (Å²) in [6, 6.07) is 7.44. The van der Waals surface area contributed by atoms with Crippen molar-refractivity contribution in [2.24, 2.45) is 5.16 Å². The molecule has 2 atom stereocenters. The first-order chi connectivity index (χ1) is 9.02. The summed E-state index contributed by atoms with van der Waals surface area (Å²) in [5.41, 5.74) is 0.999. The van der Waals surface area contributed by atoms with Crippen LogP contribution in [-0.4, -0.2) is 38.2 Å². The molecule has 0 aliphatic carbocycles. The van der Waals surface area contributed by atoms with E-state index in [1.165, 1.54) is 0 Å². The van der Waals surface area contributed by atoms with Crippen molar-refractivity contribution in [2.45, 2.75) is 32.1 Å². The van der Waals surface area contributed by atoms with Crippen LogP contribution >= 0.6 is 0 Å². The zero-order chi connectivity index (χ0) is 14.3. The van der Waals surface area contributed by atoms with E-state index in [9.17, 15) is 13.6 Å². The third kappa shape index (κ3) is 5.97. The van der Waals surface area contributed by atoms with Crippen LogP contribution in [0.2, 0.25) is 0 Å². The van der Waals surface area contributed by atoms with Gasteiger partial charge in [-0.05, 0) is 0 Å². The molecule has 0 bridgehead atoms. The van der Waals surface area contributed by atoms with Gasteiger partial charge < -0.3 is 0 Å². The molecule has 0 radical (unpaired) electrons. The average Bonchev–Trinajstić information content (AvgIpc) is 2.37. The Morgan fingerprint density at radius 1 is 1.37 bits per heavy atom. The van der Waals surface area contributed by atoms with Gasteiger partial charge in [-0.3, -0.25) is 0 Å². The first kappa shape index (κ1) is 15.8. The molecule has 104 valence electrons. The van der Waals surface area contributed by atoms with E-state index in [1.807, 2.05) is 31.2 Å². The maximum atomic E-state index is 12.1. The molecule has 0 fully saturated rings. The van der Waals surface area contributed by atoms with Crippen molar-refractivity contribution in [1.82, 2.24) is 0 Å². The number of carbonyl (C=O) groups excluding carboxylic acids is 1. The van der Waals surface area contributed by atoms with Crippen LogP contribution in [0.15, 0.2) is 29.4 Å². The van der Waals surface area contributed by atoms with Crippen molar-refractivity contribution in [3.05, 3.63) is 29.8 Å². The van der Waals surface area contributed by atoms with Crippen LogP contribution in [-0.2, 0) is 4.79 Å². The van der Waals surface area contributed by atoms with Gasteiger partial charge in [0, 0.05) is 0 Å². The Morgan fingerprint density at radius 2 is 2.00 bits per heavy atom. The summed E-state index contributed by atoms with van der Waals surface area (Å²) in [5, 5.41) is 10.9. The fraction of sp³-hybridized carbons (Fsp3) is 0.385. The molecule has 1 aromatic rings. The Morgan fingerprint density at radius 3 is 2.53 bits per heavy atom. The Kier molecular flexibility index (Phi) is 6.71. The second kappa shape index (κ2) is 8.05. The zero-order valence-corrected chi connectivity index (χ0v) is 12.6. The molecule has 2 unspecified atom stereocenters. The number of hydrogen-bond donors (Lipinski definition) is 1. The molecular weight excluding hydrogens is 315 g/mol. The number of hydrogen-bond acceptors (Lipinski definition) is 3. The number of carbonyl (C=O) groups is 1. The van der Waals surface area contributed by atoms with Gasteiger partial charge in [-0.25, -0.2) is 0 Å². The molecule has 1 N–H and O–H groups in total. The maximum absolute atomic E-state index is 12.1. The molecule has 1 rings (SSSR count). The molecule has 1 aromatic carbocycles. The summed E-state index contributed by atoms with van der Waals surface area (Å²) >= 11 is -1.00. The second-order valence-corrected chi connectivity index (χ2v) is 7.00. The quantitative estimate of drug-likeness (QED) is 0.359. The van der Waals surface area contributed by atoms with Gasteiger partial charge in [0.2, 0.25) is 0 Å². The molecule has 6 heteroatoms. The number of nitrogens with zero attached hydrogens (tertiary/aromatic N) is 1. The summed E-state index contributed by atoms with van der Waals surface area (Å²) in [6.45, 7) is 1.91. The van der Waals surface area contributed by atoms with Crippen LogP contribution in [0.4, 0.5) is 8.78 Å². The molecule has 19 heavy (non-hydrogen) atoms. The summed E-state index contributed by atoms with van der Waals surface area (Å²) in [7, 11) is 0. The van der Waals surface area contributed by atoms with E-state index >= 15 is 0 Å². The van der Waals surface area contributed by atoms with E-state index < -0.39 is 22.2 Å². The van der Waals surface area contributed by atoms with Gasteiger partial charge in [-0.15, -0.1) is 0 Å². The number of benzene rings is 1. The standard InChI is InChI=1S/C13H16AsF2NO2/c1-9(2-7-13(15)16)10-3-5-11(6-4-10)14-12(18)8-17-19/h3-6,8-9,13-14,19H,2,7H2,1H3. The molecule has 3 nitrogen and oxygen atoms in total. The van der Waals surface area contributed by atoms with Crippen LogP contribution in [0, 0.1) is 0 Å². The third-order valence-corrected chi connectivity index (χ3v) is 4.83. The minimum absolute atomic E-state index is 0.0813. The molecule has 0 saturated carbocycles.